The number of allylic oxidation sites excluding steroid dienone is 2. The van der Waals surface area contributed by atoms with Gasteiger partial charge in [-0.1, -0.05) is 18.2 Å². The lowest BCUT2D eigenvalue weighted by Gasteiger charge is -2.27. The summed E-state index contributed by atoms with van der Waals surface area (Å²) >= 11 is 0. The van der Waals surface area contributed by atoms with Crippen molar-refractivity contribution in [2.24, 2.45) is 11.8 Å². The number of carbonyl (C=O) groups excluding carboxylic acids is 2. The Bertz CT molecular complexity index is 986. The van der Waals surface area contributed by atoms with Crippen molar-refractivity contribution in [1.82, 2.24) is 10.0 Å². The van der Waals surface area contributed by atoms with E-state index >= 15 is 0 Å². The average molecular weight is 467 g/mol. The molecule has 1 saturated carbocycles. The third kappa shape index (κ3) is 7.13. The molecule has 1 heterocycles. The van der Waals surface area contributed by atoms with Crippen LogP contribution in [0.3, 0.4) is 0 Å². The molecular weight excluding hydrogens is 435 g/mol. The van der Waals surface area contributed by atoms with Gasteiger partial charge in [0, 0.05) is 12.3 Å². The molecule has 176 valence electrons. The summed E-state index contributed by atoms with van der Waals surface area (Å²) in [5.41, 5.74) is -0.331. The molecule has 0 radical (unpaired) electrons. The number of piperidine rings is 1. The fraction of sp³-hybridized carbons (Fsp3) is 0.565. The third-order valence-electron chi connectivity index (χ3n) is 5.73. The molecule has 2 fully saturated rings. The predicted octanol–water partition coefficient (Wildman–Crippen LogP) is 3.16. The van der Waals surface area contributed by atoms with Crippen LogP contribution >= 0.6 is 0 Å². The fourth-order valence-corrected chi connectivity index (χ4v) is 5.00. The first kappa shape index (κ1) is 24.4. The summed E-state index contributed by atoms with van der Waals surface area (Å²) in [5.74, 6) is -0.749. The average Bonchev–Trinajstić information content (AvgIpc) is 3.52. The molecule has 2 N–H and O–H groups in total. The van der Waals surface area contributed by atoms with Crippen molar-refractivity contribution in [1.29, 1.82) is 0 Å². The highest BCUT2D eigenvalue weighted by atomic mass is 32.2. The minimum Gasteiger partial charge on any atom is -0.490 e. The highest BCUT2D eigenvalue weighted by Crippen LogP contribution is 2.32. The molecular formula is C23H31FN2O5S. The molecule has 1 saturated heterocycles. The van der Waals surface area contributed by atoms with Gasteiger partial charge in [0.1, 0.15) is 0 Å². The minimum atomic E-state index is -3.61. The first-order valence-corrected chi connectivity index (χ1v) is 12.6. The van der Waals surface area contributed by atoms with Crippen LogP contribution < -0.4 is 14.8 Å². The minimum absolute atomic E-state index is 0.117. The Hall–Kier alpha value is -2.26. The van der Waals surface area contributed by atoms with E-state index < -0.39 is 21.4 Å². The Morgan fingerprint density at radius 1 is 1.22 bits per heavy atom. The number of rotatable bonds is 11. The molecule has 1 unspecified atom stereocenters. The Balaban J connectivity index is 1.51. The number of amides is 2. The van der Waals surface area contributed by atoms with E-state index in [2.05, 4.69) is 10.0 Å². The number of halogens is 1. The van der Waals surface area contributed by atoms with Gasteiger partial charge in [0.05, 0.1) is 17.9 Å². The molecule has 0 spiro atoms. The first-order valence-electron chi connectivity index (χ1n) is 11.0. The van der Waals surface area contributed by atoms with Crippen LogP contribution in [-0.4, -0.2) is 32.6 Å². The lowest BCUT2D eigenvalue weighted by Crippen LogP contribution is -2.42. The van der Waals surface area contributed by atoms with Gasteiger partial charge in [-0.15, -0.1) is 0 Å². The maximum Gasteiger partial charge on any atom is 0.229 e. The summed E-state index contributed by atoms with van der Waals surface area (Å²) < 4.78 is 47.5. The second-order valence-corrected chi connectivity index (χ2v) is 10.9. The number of benzene rings is 1. The van der Waals surface area contributed by atoms with Crippen LogP contribution in [0.4, 0.5) is 4.39 Å². The van der Waals surface area contributed by atoms with Crippen LogP contribution in [0.2, 0.25) is 0 Å². The smallest absolute Gasteiger partial charge is 0.229 e. The normalized spacial score (nSPS) is 19.9. The van der Waals surface area contributed by atoms with Gasteiger partial charge in [-0.05, 0) is 69.6 Å². The molecule has 1 aromatic rings. The van der Waals surface area contributed by atoms with Crippen LogP contribution in [0, 0.1) is 17.7 Å². The van der Waals surface area contributed by atoms with Crippen molar-refractivity contribution in [2.75, 3.05) is 12.4 Å². The number of hydrogen-bond acceptors (Lipinski definition) is 5. The van der Waals surface area contributed by atoms with Crippen LogP contribution in [0.5, 0.6) is 5.75 Å². The molecule has 1 aliphatic carbocycles. The fourth-order valence-electron chi connectivity index (χ4n) is 3.56. The SMILES string of the molecule is CC(C)(NS(=O)(=O)CC/C=C/CC1CCC(=O)NC1=O)c1ccc(F)c(OCC2CC2)c1. The van der Waals surface area contributed by atoms with E-state index in [0.29, 0.717) is 37.4 Å². The van der Waals surface area contributed by atoms with Crippen LogP contribution in [-0.2, 0) is 25.2 Å². The zero-order valence-electron chi connectivity index (χ0n) is 18.5. The molecule has 1 aliphatic heterocycles. The van der Waals surface area contributed by atoms with Gasteiger partial charge in [0.15, 0.2) is 11.6 Å². The molecule has 0 bridgehead atoms. The number of imide groups is 1. The van der Waals surface area contributed by atoms with Gasteiger partial charge in [-0.3, -0.25) is 14.9 Å². The number of carbonyl (C=O) groups is 2. The van der Waals surface area contributed by atoms with Crippen molar-refractivity contribution in [2.45, 2.75) is 57.9 Å². The van der Waals surface area contributed by atoms with E-state index in [0.717, 1.165) is 12.8 Å². The van der Waals surface area contributed by atoms with Gasteiger partial charge in [-0.2, -0.15) is 0 Å². The standard InChI is InChI=1S/C23H31FN2O5S/c1-23(2,18-10-11-19(24)20(14-18)31-15-16-7-8-16)26-32(29,30)13-5-3-4-6-17-9-12-21(27)25-22(17)28/h3-4,10-11,14,16-17,26H,5-9,12-13,15H2,1-2H3,(H,25,27,28)/b4-3+. The monoisotopic (exact) mass is 466 g/mol. The Labute approximate surface area is 188 Å². The van der Waals surface area contributed by atoms with Crippen LogP contribution in [0.25, 0.3) is 0 Å². The Kier molecular flexibility index (Phi) is 7.71. The second kappa shape index (κ2) is 10.1. The van der Waals surface area contributed by atoms with Crippen LogP contribution in [0.1, 0.15) is 57.9 Å². The number of sulfonamides is 1. The van der Waals surface area contributed by atoms with Gasteiger partial charge in [0.25, 0.3) is 0 Å². The predicted molar refractivity (Wildman–Crippen MR) is 119 cm³/mol. The Morgan fingerprint density at radius 2 is 1.97 bits per heavy atom. The summed E-state index contributed by atoms with van der Waals surface area (Å²) in [5, 5.41) is 2.31. The lowest BCUT2D eigenvalue weighted by molar-refractivity contribution is -0.136. The van der Waals surface area contributed by atoms with E-state index in [1.54, 1.807) is 38.1 Å². The van der Waals surface area contributed by atoms with Gasteiger partial charge < -0.3 is 4.74 Å². The summed E-state index contributed by atoms with van der Waals surface area (Å²) in [6.07, 6.45) is 7.29. The molecule has 3 rings (SSSR count). The van der Waals surface area contributed by atoms with E-state index in [1.807, 2.05) is 0 Å². The number of ether oxygens (including phenoxy) is 1. The molecule has 2 aliphatic rings. The zero-order chi connectivity index (χ0) is 23.4. The molecule has 1 aromatic carbocycles. The van der Waals surface area contributed by atoms with E-state index in [9.17, 15) is 22.4 Å². The third-order valence-corrected chi connectivity index (χ3v) is 7.32. The van der Waals surface area contributed by atoms with Crippen molar-refractivity contribution in [3.05, 3.63) is 41.7 Å². The van der Waals surface area contributed by atoms with Crippen molar-refractivity contribution in [3.8, 4) is 5.75 Å². The highest BCUT2D eigenvalue weighted by molar-refractivity contribution is 7.89. The molecule has 2 amide bonds. The quantitative estimate of drug-likeness (QED) is 0.385. The maximum atomic E-state index is 14.1. The van der Waals surface area contributed by atoms with Gasteiger partial charge in [0.2, 0.25) is 21.8 Å². The second-order valence-electron chi connectivity index (χ2n) is 9.09. The molecule has 32 heavy (non-hydrogen) atoms. The number of nitrogens with one attached hydrogen (secondary N) is 2. The van der Waals surface area contributed by atoms with Crippen molar-refractivity contribution >= 4 is 21.8 Å². The summed E-state index contributed by atoms with van der Waals surface area (Å²) in [6.45, 7) is 3.92. The van der Waals surface area contributed by atoms with Gasteiger partial charge >= 0.3 is 0 Å². The van der Waals surface area contributed by atoms with Crippen molar-refractivity contribution in [3.63, 3.8) is 0 Å². The molecule has 9 heteroatoms. The molecule has 7 nitrogen and oxygen atoms in total. The summed E-state index contributed by atoms with van der Waals surface area (Å²) in [4.78, 5) is 22.9. The first-order chi connectivity index (χ1) is 15.1. The van der Waals surface area contributed by atoms with Crippen LogP contribution in [0.15, 0.2) is 30.4 Å². The number of hydrogen-bond donors (Lipinski definition) is 2. The largest absolute Gasteiger partial charge is 0.490 e. The Morgan fingerprint density at radius 3 is 2.66 bits per heavy atom. The lowest BCUT2D eigenvalue weighted by atomic mass is 9.95. The topological polar surface area (TPSA) is 102 Å². The van der Waals surface area contributed by atoms with E-state index in [4.69, 9.17) is 4.74 Å². The van der Waals surface area contributed by atoms with Crippen molar-refractivity contribution < 1.29 is 27.1 Å². The highest BCUT2D eigenvalue weighted by Gasteiger charge is 2.28. The molecule has 0 aromatic heterocycles. The van der Waals surface area contributed by atoms with E-state index in [-0.39, 0.29) is 35.7 Å². The maximum absolute atomic E-state index is 14.1. The summed E-state index contributed by atoms with van der Waals surface area (Å²) in [6, 6.07) is 4.41. The van der Waals surface area contributed by atoms with E-state index in [1.165, 1.54) is 6.07 Å². The van der Waals surface area contributed by atoms with Gasteiger partial charge in [-0.25, -0.2) is 17.5 Å². The molecule has 1 atom stereocenters. The summed E-state index contributed by atoms with van der Waals surface area (Å²) in [7, 11) is -3.61. The zero-order valence-corrected chi connectivity index (χ0v) is 19.3.